The summed E-state index contributed by atoms with van der Waals surface area (Å²) in [4.78, 5) is 13.4. The maximum absolute atomic E-state index is 11.0. The Bertz CT molecular complexity index is 198. The molecule has 1 aliphatic rings. The molecule has 1 amide bonds. The van der Waals surface area contributed by atoms with E-state index in [1.165, 1.54) is 25.0 Å². The largest absolute Gasteiger partial charge is 0.392 e. The molecule has 0 bridgehead atoms. The van der Waals surface area contributed by atoms with E-state index in [-0.39, 0.29) is 12.5 Å². The zero-order chi connectivity index (χ0) is 10.2. The highest BCUT2D eigenvalue weighted by Crippen LogP contribution is 2.05. The third-order valence-electron chi connectivity index (χ3n) is 2.30. The highest BCUT2D eigenvalue weighted by Gasteiger charge is 2.10. The summed E-state index contributed by atoms with van der Waals surface area (Å²) in [7, 11) is 0. The van der Waals surface area contributed by atoms with Crippen LogP contribution in [0, 0.1) is 0 Å². The minimum Gasteiger partial charge on any atom is -0.392 e. The second kappa shape index (κ2) is 6.56. The number of rotatable bonds is 5. The number of nitrogens with one attached hydrogen (secondary N) is 1. The lowest BCUT2D eigenvalue weighted by atomic mass is 10.4. The predicted molar refractivity (Wildman–Crippen MR) is 54.9 cm³/mol. The molecule has 1 rings (SSSR count). The van der Waals surface area contributed by atoms with Crippen LogP contribution in [0.3, 0.4) is 0 Å². The third kappa shape index (κ3) is 4.39. The number of carbonyl (C=O) groups is 1. The molecule has 4 heteroatoms. The molecule has 1 saturated heterocycles. The smallest absolute Gasteiger partial charge is 0.243 e. The Morgan fingerprint density at radius 3 is 2.79 bits per heavy atom. The van der Waals surface area contributed by atoms with E-state index >= 15 is 0 Å². The zero-order valence-electron chi connectivity index (χ0n) is 8.41. The van der Waals surface area contributed by atoms with Crippen LogP contribution in [0.25, 0.3) is 0 Å². The van der Waals surface area contributed by atoms with Gasteiger partial charge in [-0.1, -0.05) is 6.08 Å². The quantitative estimate of drug-likeness (QED) is 0.599. The number of nitrogens with zero attached hydrogens (tertiary/aromatic N) is 1. The lowest BCUT2D eigenvalue weighted by molar-refractivity contribution is -0.116. The van der Waals surface area contributed by atoms with Gasteiger partial charge in [0.15, 0.2) is 0 Å². The Balaban J connectivity index is 2.02. The molecule has 0 aliphatic carbocycles. The molecule has 0 radical (unpaired) electrons. The summed E-state index contributed by atoms with van der Waals surface area (Å²) in [6.07, 6.45) is 5.35. The highest BCUT2D eigenvalue weighted by molar-refractivity contribution is 5.87. The van der Waals surface area contributed by atoms with E-state index in [1.54, 1.807) is 0 Å². The van der Waals surface area contributed by atoms with Crippen LogP contribution in [0.15, 0.2) is 12.2 Å². The molecule has 0 aromatic heterocycles. The van der Waals surface area contributed by atoms with Gasteiger partial charge < -0.3 is 15.3 Å². The van der Waals surface area contributed by atoms with Gasteiger partial charge in [0.1, 0.15) is 0 Å². The Morgan fingerprint density at radius 1 is 1.43 bits per heavy atom. The predicted octanol–water partition coefficient (Wildman–Crippen LogP) is -0.253. The molecule has 0 spiro atoms. The van der Waals surface area contributed by atoms with Crippen LogP contribution in [0.5, 0.6) is 0 Å². The van der Waals surface area contributed by atoms with Crippen molar-refractivity contribution in [3.05, 3.63) is 12.2 Å². The van der Waals surface area contributed by atoms with Crippen LogP contribution in [0.2, 0.25) is 0 Å². The Labute approximate surface area is 84.6 Å². The normalized spacial score (nSPS) is 17.8. The lowest BCUT2D eigenvalue weighted by Crippen LogP contribution is -2.32. The van der Waals surface area contributed by atoms with E-state index in [0.717, 1.165) is 19.6 Å². The lowest BCUT2D eigenvalue weighted by Gasteiger charge is -2.13. The van der Waals surface area contributed by atoms with E-state index in [4.69, 9.17) is 5.11 Å². The standard InChI is InChI=1S/C10H18N2O2/c13-9-3-4-10(14)11-5-8-12-6-1-2-7-12/h3-4,13H,1-2,5-9H2,(H,11,14). The number of amides is 1. The Morgan fingerprint density at radius 2 is 2.14 bits per heavy atom. The van der Waals surface area contributed by atoms with Gasteiger partial charge >= 0.3 is 0 Å². The van der Waals surface area contributed by atoms with Crippen molar-refractivity contribution in [2.45, 2.75) is 12.8 Å². The average Bonchev–Trinajstić information content (AvgIpc) is 2.67. The van der Waals surface area contributed by atoms with Gasteiger partial charge in [0.2, 0.25) is 5.91 Å². The van der Waals surface area contributed by atoms with Crippen molar-refractivity contribution in [1.29, 1.82) is 0 Å². The van der Waals surface area contributed by atoms with Gasteiger partial charge in [-0.25, -0.2) is 0 Å². The van der Waals surface area contributed by atoms with Crippen LogP contribution in [-0.2, 0) is 4.79 Å². The Hall–Kier alpha value is -0.870. The minimum absolute atomic E-state index is 0.0838. The maximum Gasteiger partial charge on any atom is 0.243 e. The topological polar surface area (TPSA) is 52.6 Å². The van der Waals surface area contributed by atoms with Gasteiger partial charge in [0.25, 0.3) is 0 Å². The monoisotopic (exact) mass is 198 g/mol. The van der Waals surface area contributed by atoms with E-state index < -0.39 is 0 Å². The molecule has 0 saturated carbocycles. The molecule has 1 heterocycles. The molecular formula is C10H18N2O2. The number of aliphatic hydroxyl groups is 1. The summed E-state index contributed by atoms with van der Waals surface area (Å²) in [5, 5.41) is 11.2. The fourth-order valence-corrected chi connectivity index (χ4v) is 1.56. The molecule has 1 fully saturated rings. The van der Waals surface area contributed by atoms with Gasteiger partial charge in [-0.15, -0.1) is 0 Å². The van der Waals surface area contributed by atoms with E-state index in [0.29, 0.717) is 6.54 Å². The van der Waals surface area contributed by atoms with Crippen LogP contribution < -0.4 is 5.32 Å². The number of likely N-dealkylation sites (tertiary alicyclic amines) is 1. The molecule has 80 valence electrons. The molecule has 0 aromatic rings. The van der Waals surface area contributed by atoms with Gasteiger partial charge in [-0.05, 0) is 25.9 Å². The first-order valence-corrected chi connectivity index (χ1v) is 5.10. The van der Waals surface area contributed by atoms with Crippen LogP contribution in [-0.4, -0.2) is 48.7 Å². The van der Waals surface area contributed by atoms with E-state index in [2.05, 4.69) is 10.2 Å². The second-order valence-electron chi connectivity index (χ2n) is 3.42. The summed E-state index contributed by atoms with van der Waals surface area (Å²) >= 11 is 0. The summed E-state index contributed by atoms with van der Waals surface area (Å²) < 4.78 is 0. The van der Waals surface area contributed by atoms with Crippen molar-refractivity contribution >= 4 is 5.91 Å². The Kier molecular flexibility index (Phi) is 5.25. The third-order valence-corrected chi connectivity index (χ3v) is 2.30. The van der Waals surface area contributed by atoms with Crippen molar-refractivity contribution < 1.29 is 9.90 Å². The molecule has 14 heavy (non-hydrogen) atoms. The van der Waals surface area contributed by atoms with Crippen molar-refractivity contribution in [2.75, 3.05) is 32.8 Å². The molecule has 4 nitrogen and oxygen atoms in total. The van der Waals surface area contributed by atoms with E-state index in [9.17, 15) is 4.79 Å². The molecular weight excluding hydrogens is 180 g/mol. The number of hydrogen-bond donors (Lipinski definition) is 2. The van der Waals surface area contributed by atoms with E-state index in [1.807, 2.05) is 0 Å². The number of hydrogen-bond acceptors (Lipinski definition) is 3. The zero-order valence-corrected chi connectivity index (χ0v) is 8.41. The van der Waals surface area contributed by atoms with Crippen molar-refractivity contribution in [3.63, 3.8) is 0 Å². The number of aliphatic hydroxyl groups excluding tert-OH is 1. The number of carbonyl (C=O) groups excluding carboxylic acids is 1. The summed E-state index contributed by atoms with van der Waals surface area (Å²) in [5.74, 6) is -0.127. The molecule has 2 N–H and O–H groups in total. The summed E-state index contributed by atoms with van der Waals surface area (Å²) in [5.41, 5.74) is 0. The average molecular weight is 198 g/mol. The first kappa shape index (κ1) is 11.2. The second-order valence-corrected chi connectivity index (χ2v) is 3.42. The fraction of sp³-hybridized carbons (Fsp3) is 0.700. The van der Waals surface area contributed by atoms with Crippen LogP contribution >= 0.6 is 0 Å². The first-order valence-electron chi connectivity index (χ1n) is 5.10. The highest BCUT2D eigenvalue weighted by atomic mass is 16.2. The van der Waals surface area contributed by atoms with Gasteiger partial charge in [-0.3, -0.25) is 4.79 Å². The summed E-state index contributed by atoms with van der Waals surface area (Å²) in [6, 6.07) is 0. The van der Waals surface area contributed by atoms with Crippen LogP contribution in [0.4, 0.5) is 0 Å². The minimum atomic E-state index is -0.127. The van der Waals surface area contributed by atoms with Crippen molar-refractivity contribution in [2.24, 2.45) is 0 Å². The van der Waals surface area contributed by atoms with Gasteiger partial charge in [-0.2, -0.15) is 0 Å². The van der Waals surface area contributed by atoms with Gasteiger partial charge in [0.05, 0.1) is 6.61 Å². The van der Waals surface area contributed by atoms with Crippen molar-refractivity contribution in [3.8, 4) is 0 Å². The molecule has 0 unspecified atom stereocenters. The van der Waals surface area contributed by atoms with Gasteiger partial charge in [0, 0.05) is 19.2 Å². The summed E-state index contributed by atoms with van der Waals surface area (Å²) in [6.45, 7) is 3.84. The maximum atomic E-state index is 11.0. The molecule has 0 atom stereocenters. The molecule has 0 aromatic carbocycles. The van der Waals surface area contributed by atoms with Crippen molar-refractivity contribution in [1.82, 2.24) is 10.2 Å². The van der Waals surface area contributed by atoms with Crippen LogP contribution in [0.1, 0.15) is 12.8 Å². The first-order chi connectivity index (χ1) is 6.83. The molecule has 1 aliphatic heterocycles. The fourth-order valence-electron chi connectivity index (χ4n) is 1.56. The SMILES string of the molecule is O=C(C=CCO)NCCN1CCCC1.